The van der Waals surface area contributed by atoms with Gasteiger partial charge in [0.15, 0.2) is 5.82 Å². The Labute approximate surface area is 154 Å². The summed E-state index contributed by atoms with van der Waals surface area (Å²) in [5.41, 5.74) is 0. The first-order valence-corrected chi connectivity index (χ1v) is 9.10. The molecule has 144 valence electrons. The second kappa shape index (κ2) is 8.64. The fourth-order valence-corrected chi connectivity index (χ4v) is 3.19. The second-order valence-electron chi connectivity index (χ2n) is 7.08. The summed E-state index contributed by atoms with van der Waals surface area (Å²) >= 11 is 0. The Kier molecular flexibility index (Phi) is 6.26. The van der Waals surface area contributed by atoms with Crippen molar-refractivity contribution < 1.29 is 19.0 Å². The molecule has 2 heterocycles. The van der Waals surface area contributed by atoms with Gasteiger partial charge in [-0.2, -0.15) is 4.98 Å². The van der Waals surface area contributed by atoms with Crippen LogP contribution in [0, 0.1) is 11.8 Å². The summed E-state index contributed by atoms with van der Waals surface area (Å²) in [5.74, 6) is 2.55. The Balaban J connectivity index is 1.49. The van der Waals surface area contributed by atoms with Crippen LogP contribution in [0.2, 0.25) is 0 Å². The van der Waals surface area contributed by atoms with Crippen LogP contribution in [0.15, 0.2) is 6.07 Å². The van der Waals surface area contributed by atoms with Crippen molar-refractivity contribution in [3.63, 3.8) is 0 Å². The van der Waals surface area contributed by atoms with Crippen molar-refractivity contribution in [1.29, 1.82) is 0 Å². The maximum Gasteiger partial charge on any atom is 0.227 e. The van der Waals surface area contributed by atoms with Crippen LogP contribution in [-0.4, -0.2) is 67.8 Å². The monoisotopic (exact) mass is 364 g/mol. The highest BCUT2D eigenvalue weighted by Crippen LogP contribution is 2.30. The Bertz CT molecular complexity index is 623. The summed E-state index contributed by atoms with van der Waals surface area (Å²) in [6.07, 6.45) is 3.22. The fraction of sp³-hybridized carbons (Fsp3) is 0.722. The van der Waals surface area contributed by atoms with Crippen molar-refractivity contribution in [2.75, 3.05) is 46.3 Å². The lowest BCUT2D eigenvalue weighted by Gasteiger charge is -2.20. The van der Waals surface area contributed by atoms with Crippen LogP contribution in [0.25, 0.3) is 0 Å². The minimum atomic E-state index is -0.0467. The summed E-state index contributed by atoms with van der Waals surface area (Å²) in [5, 5.41) is 3.25. The molecule has 8 heteroatoms. The number of carbonyl (C=O) groups is 1. The number of hydrogen-bond donors (Lipinski definition) is 1. The molecular weight excluding hydrogens is 336 g/mol. The number of ether oxygens (including phenoxy) is 3. The Morgan fingerprint density at radius 1 is 1.38 bits per heavy atom. The van der Waals surface area contributed by atoms with Gasteiger partial charge in [0, 0.05) is 33.3 Å². The highest BCUT2D eigenvalue weighted by Gasteiger charge is 2.34. The largest absolute Gasteiger partial charge is 0.481 e. The van der Waals surface area contributed by atoms with Gasteiger partial charge in [-0.15, -0.1) is 0 Å². The van der Waals surface area contributed by atoms with E-state index in [0.29, 0.717) is 43.2 Å². The summed E-state index contributed by atoms with van der Waals surface area (Å²) < 4.78 is 16.1. The van der Waals surface area contributed by atoms with E-state index in [0.717, 1.165) is 13.0 Å². The van der Waals surface area contributed by atoms with Gasteiger partial charge in [0.2, 0.25) is 11.8 Å². The molecule has 2 aliphatic rings. The topological polar surface area (TPSA) is 85.8 Å². The molecule has 0 bridgehead atoms. The van der Waals surface area contributed by atoms with E-state index in [1.807, 2.05) is 11.9 Å². The highest BCUT2D eigenvalue weighted by molar-refractivity contribution is 5.79. The number of aromatic nitrogens is 2. The summed E-state index contributed by atoms with van der Waals surface area (Å²) in [4.78, 5) is 23.0. The molecule has 2 atom stereocenters. The molecule has 1 saturated carbocycles. The van der Waals surface area contributed by atoms with Crippen LogP contribution in [0.4, 0.5) is 5.82 Å². The number of amides is 1. The average molecular weight is 364 g/mol. The smallest absolute Gasteiger partial charge is 0.227 e. The zero-order valence-corrected chi connectivity index (χ0v) is 15.7. The average Bonchev–Trinajstić information content (AvgIpc) is 3.33. The third-order valence-electron chi connectivity index (χ3n) is 4.78. The molecule has 8 nitrogen and oxygen atoms in total. The molecule has 0 radical (unpaired) electrons. The molecule has 1 aromatic heterocycles. The number of anilines is 1. The molecule has 1 aromatic rings. The minimum absolute atomic E-state index is 0.00916. The van der Waals surface area contributed by atoms with E-state index >= 15 is 0 Å². The van der Waals surface area contributed by atoms with Crippen LogP contribution in [0.5, 0.6) is 5.88 Å². The Morgan fingerprint density at radius 3 is 2.88 bits per heavy atom. The van der Waals surface area contributed by atoms with Gasteiger partial charge in [0.05, 0.1) is 25.7 Å². The number of methoxy groups -OCH3 is 2. The summed E-state index contributed by atoms with van der Waals surface area (Å²) in [6.45, 7) is 2.27. The van der Waals surface area contributed by atoms with Crippen molar-refractivity contribution in [3.05, 3.63) is 11.9 Å². The number of nitrogens with zero attached hydrogens (tertiary/aromatic N) is 3. The summed E-state index contributed by atoms with van der Waals surface area (Å²) in [6, 6.07) is 1.74. The van der Waals surface area contributed by atoms with Crippen LogP contribution in [-0.2, 0) is 20.9 Å². The van der Waals surface area contributed by atoms with Gasteiger partial charge in [0.25, 0.3) is 0 Å². The van der Waals surface area contributed by atoms with Gasteiger partial charge < -0.3 is 24.4 Å². The molecule has 3 rings (SSSR count). The van der Waals surface area contributed by atoms with Crippen molar-refractivity contribution in [1.82, 2.24) is 14.9 Å². The molecule has 1 aliphatic carbocycles. The molecule has 0 aromatic carbocycles. The second-order valence-corrected chi connectivity index (χ2v) is 7.08. The number of hydrogen-bond acceptors (Lipinski definition) is 7. The Hall–Kier alpha value is -1.93. The van der Waals surface area contributed by atoms with Gasteiger partial charge in [-0.1, -0.05) is 0 Å². The maximum atomic E-state index is 12.5. The lowest BCUT2D eigenvalue weighted by molar-refractivity contribution is -0.134. The van der Waals surface area contributed by atoms with Crippen LogP contribution < -0.4 is 10.1 Å². The summed E-state index contributed by atoms with van der Waals surface area (Å²) in [7, 11) is 5.06. The zero-order chi connectivity index (χ0) is 18.5. The van der Waals surface area contributed by atoms with E-state index in [-0.39, 0.29) is 17.9 Å². The maximum absolute atomic E-state index is 12.5. The first-order chi connectivity index (χ1) is 12.6. The van der Waals surface area contributed by atoms with Gasteiger partial charge in [0.1, 0.15) is 12.4 Å². The van der Waals surface area contributed by atoms with Crippen LogP contribution in [0.1, 0.15) is 25.1 Å². The van der Waals surface area contributed by atoms with Crippen molar-refractivity contribution in [2.45, 2.75) is 32.0 Å². The molecule has 0 unspecified atom stereocenters. The normalized spacial score (nSPS) is 22.3. The van der Waals surface area contributed by atoms with E-state index in [2.05, 4.69) is 15.3 Å². The molecule has 1 saturated heterocycles. The van der Waals surface area contributed by atoms with Crippen molar-refractivity contribution >= 4 is 11.7 Å². The van der Waals surface area contributed by atoms with Crippen LogP contribution in [0.3, 0.4) is 0 Å². The number of rotatable bonds is 9. The Morgan fingerprint density at radius 2 is 2.19 bits per heavy atom. The lowest BCUT2D eigenvalue weighted by Crippen LogP contribution is -2.34. The SMILES string of the molecule is COCc1nc(NC[C@@H]2C[C@H](C(=O)N(C)CC3CC3)CO2)cc(OC)n1. The van der Waals surface area contributed by atoms with E-state index in [1.54, 1.807) is 20.3 Å². The van der Waals surface area contributed by atoms with Gasteiger partial charge in [-0.3, -0.25) is 4.79 Å². The molecule has 0 spiro atoms. The quantitative estimate of drug-likeness (QED) is 0.707. The first kappa shape index (κ1) is 18.8. The van der Waals surface area contributed by atoms with Gasteiger partial charge in [-0.25, -0.2) is 4.98 Å². The van der Waals surface area contributed by atoms with Crippen LogP contribution >= 0.6 is 0 Å². The third-order valence-corrected chi connectivity index (χ3v) is 4.78. The molecule has 1 N–H and O–H groups in total. The predicted molar refractivity (Wildman–Crippen MR) is 96.0 cm³/mol. The standard InChI is InChI=1S/C18H28N4O4/c1-22(9-12-4-5-12)18(23)13-6-14(26-10-13)8-19-15-7-17(25-3)21-16(20-15)11-24-2/h7,12-14H,4-6,8-11H2,1-3H3,(H,19,20,21)/t13-,14-/m0/s1. The minimum Gasteiger partial charge on any atom is -0.481 e. The molecule has 1 amide bonds. The predicted octanol–water partition coefficient (Wildman–Crippen LogP) is 1.32. The molecule has 1 aliphatic heterocycles. The van der Waals surface area contributed by atoms with Gasteiger partial charge >= 0.3 is 0 Å². The van der Waals surface area contributed by atoms with E-state index in [9.17, 15) is 4.79 Å². The third kappa shape index (κ3) is 5.04. The van der Waals surface area contributed by atoms with Crippen molar-refractivity contribution in [2.24, 2.45) is 11.8 Å². The first-order valence-electron chi connectivity index (χ1n) is 9.10. The molecular formula is C18H28N4O4. The fourth-order valence-electron chi connectivity index (χ4n) is 3.19. The molecule has 2 fully saturated rings. The highest BCUT2D eigenvalue weighted by atomic mass is 16.5. The van der Waals surface area contributed by atoms with E-state index in [4.69, 9.17) is 14.2 Å². The van der Waals surface area contributed by atoms with E-state index in [1.165, 1.54) is 12.8 Å². The zero-order valence-electron chi connectivity index (χ0n) is 15.7. The van der Waals surface area contributed by atoms with Crippen molar-refractivity contribution in [3.8, 4) is 5.88 Å². The molecule has 26 heavy (non-hydrogen) atoms. The lowest BCUT2D eigenvalue weighted by atomic mass is 10.0. The number of nitrogens with one attached hydrogen (secondary N) is 1. The van der Waals surface area contributed by atoms with Gasteiger partial charge in [-0.05, 0) is 25.2 Å². The van der Waals surface area contributed by atoms with E-state index < -0.39 is 0 Å². The number of carbonyl (C=O) groups excluding carboxylic acids is 1.